The molecule has 0 heterocycles. The predicted octanol–water partition coefficient (Wildman–Crippen LogP) is 5.91. The minimum Gasteiger partial charge on any atom is -0.446 e. The van der Waals surface area contributed by atoms with Crippen molar-refractivity contribution in [2.24, 2.45) is 40.4 Å². The highest BCUT2D eigenvalue weighted by Crippen LogP contribution is 2.71. The first kappa shape index (κ1) is 30.3. The van der Waals surface area contributed by atoms with E-state index in [-0.39, 0.29) is 37.2 Å². The summed E-state index contributed by atoms with van der Waals surface area (Å²) in [5.41, 5.74) is -7.23. The van der Waals surface area contributed by atoms with Crippen LogP contribution in [0.3, 0.4) is 0 Å². The summed E-state index contributed by atoms with van der Waals surface area (Å²) < 4.78 is 57.7. The van der Waals surface area contributed by atoms with Crippen molar-refractivity contribution in [3.63, 3.8) is 0 Å². The van der Waals surface area contributed by atoms with Gasteiger partial charge in [0.15, 0.2) is 11.5 Å². The van der Waals surface area contributed by atoms with Crippen LogP contribution >= 0.6 is 0 Å². The van der Waals surface area contributed by atoms with Crippen molar-refractivity contribution in [2.45, 2.75) is 109 Å². The number of carbonyl (C=O) groups is 3. The molecule has 4 saturated carbocycles. The van der Waals surface area contributed by atoms with E-state index in [2.05, 4.69) is 6.92 Å². The SMILES string of the molecule is CCC1CCC(CC(=O)O[C@]2(C(=O)OCF)[C@H](C)C[C@H]3[C@@H]4C[C@H](F)C5=CC(=O)C=C[C@]5(C)[C@@]4(F)[C@@H](O)C[C@@]32C)CC1. The number of ketones is 1. The van der Waals surface area contributed by atoms with Crippen LogP contribution in [0.25, 0.3) is 0 Å². The summed E-state index contributed by atoms with van der Waals surface area (Å²) in [4.78, 5) is 39.2. The number of carbonyl (C=O) groups excluding carboxylic acids is 3. The first-order chi connectivity index (χ1) is 19.3. The zero-order valence-electron chi connectivity index (χ0n) is 24.5. The van der Waals surface area contributed by atoms with E-state index >= 15 is 8.78 Å². The molecule has 0 aromatic rings. The summed E-state index contributed by atoms with van der Waals surface area (Å²) in [5.74, 6) is -3.79. The number of alkyl halides is 3. The third-order valence-corrected chi connectivity index (χ3v) is 11.9. The number of hydrogen-bond donors (Lipinski definition) is 1. The number of ether oxygens (including phenoxy) is 2. The lowest BCUT2D eigenvalue weighted by Gasteiger charge is -2.63. The van der Waals surface area contributed by atoms with Crippen LogP contribution < -0.4 is 0 Å². The topological polar surface area (TPSA) is 89.9 Å². The van der Waals surface area contributed by atoms with Gasteiger partial charge in [0, 0.05) is 29.1 Å². The molecule has 9 atom stereocenters. The van der Waals surface area contributed by atoms with Gasteiger partial charge in [0.25, 0.3) is 0 Å². The van der Waals surface area contributed by atoms with Gasteiger partial charge >= 0.3 is 11.9 Å². The molecule has 228 valence electrons. The van der Waals surface area contributed by atoms with Gasteiger partial charge in [0.1, 0.15) is 6.17 Å². The van der Waals surface area contributed by atoms with E-state index in [1.165, 1.54) is 19.1 Å². The van der Waals surface area contributed by atoms with Crippen LogP contribution in [0, 0.1) is 40.4 Å². The Morgan fingerprint density at radius 1 is 1.10 bits per heavy atom. The van der Waals surface area contributed by atoms with E-state index in [1.54, 1.807) is 13.8 Å². The largest absolute Gasteiger partial charge is 0.446 e. The number of aliphatic hydroxyl groups excluding tert-OH is 1. The molecule has 5 aliphatic carbocycles. The van der Waals surface area contributed by atoms with Gasteiger partial charge in [0.05, 0.1) is 6.10 Å². The summed E-state index contributed by atoms with van der Waals surface area (Å²) in [6, 6.07) is 0. The maximum Gasteiger partial charge on any atom is 0.353 e. The smallest absolute Gasteiger partial charge is 0.353 e. The fourth-order valence-corrected chi connectivity index (χ4v) is 9.68. The monoisotopic (exact) mass is 580 g/mol. The van der Waals surface area contributed by atoms with Crippen molar-refractivity contribution < 1.29 is 42.1 Å². The van der Waals surface area contributed by atoms with E-state index in [9.17, 15) is 23.9 Å². The van der Waals surface area contributed by atoms with Gasteiger partial charge in [-0.15, -0.1) is 0 Å². The number of halogens is 3. The van der Waals surface area contributed by atoms with Crippen molar-refractivity contribution in [2.75, 3.05) is 6.86 Å². The van der Waals surface area contributed by atoms with E-state index < -0.39 is 76.7 Å². The number of aliphatic hydroxyl groups is 1. The van der Waals surface area contributed by atoms with Gasteiger partial charge < -0.3 is 14.6 Å². The Morgan fingerprint density at radius 3 is 2.39 bits per heavy atom. The van der Waals surface area contributed by atoms with Crippen molar-refractivity contribution in [3.05, 3.63) is 23.8 Å². The maximum absolute atomic E-state index is 17.5. The highest BCUT2D eigenvalue weighted by Gasteiger charge is 2.78. The van der Waals surface area contributed by atoms with Gasteiger partial charge in [-0.05, 0) is 74.5 Å². The molecule has 0 aromatic heterocycles. The molecule has 5 aliphatic rings. The Hall–Kier alpha value is -2.16. The lowest BCUT2D eigenvalue weighted by Crippen LogP contribution is -2.71. The summed E-state index contributed by atoms with van der Waals surface area (Å²) >= 11 is 0. The van der Waals surface area contributed by atoms with E-state index in [0.29, 0.717) is 5.92 Å². The van der Waals surface area contributed by atoms with Gasteiger partial charge in [-0.25, -0.2) is 18.0 Å². The first-order valence-electron chi connectivity index (χ1n) is 15.2. The molecule has 0 saturated heterocycles. The Bertz CT molecular complexity index is 1150. The normalized spacial score (nSPS) is 47.1. The highest BCUT2D eigenvalue weighted by atomic mass is 19.1. The number of hydrogen-bond acceptors (Lipinski definition) is 6. The Labute approximate surface area is 240 Å². The molecule has 0 aromatic carbocycles. The number of allylic oxidation sites excluding steroid dienone is 4. The predicted molar refractivity (Wildman–Crippen MR) is 144 cm³/mol. The van der Waals surface area contributed by atoms with Crippen LogP contribution in [0.1, 0.15) is 85.5 Å². The molecule has 1 N–H and O–H groups in total. The molecule has 5 rings (SSSR count). The summed E-state index contributed by atoms with van der Waals surface area (Å²) in [6.07, 6.45) is 4.95. The molecule has 0 bridgehead atoms. The summed E-state index contributed by atoms with van der Waals surface area (Å²) in [7, 11) is 0. The third-order valence-electron chi connectivity index (χ3n) is 11.9. The summed E-state index contributed by atoms with van der Waals surface area (Å²) in [6.45, 7) is 5.58. The molecule has 41 heavy (non-hydrogen) atoms. The Kier molecular flexibility index (Phi) is 7.78. The van der Waals surface area contributed by atoms with Crippen LogP contribution in [0.15, 0.2) is 23.8 Å². The maximum atomic E-state index is 17.5. The summed E-state index contributed by atoms with van der Waals surface area (Å²) in [5, 5.41) is 11.6. The second kappa shape index (κ2) is 10.5. The fourth-order valence-electron chi connectivity index (χ4n) is 9.68. The average Bonchev–Trinajstić information content (AvgIpc) is 3.14. The molecular weight excluding hydrogens is 537 g/mol. The van der Waals surface area contributed by atoms with Crippen LogP contribution in [-0.2, 0) is 23.9 Å². The lowest BCUT2D eigenvalue weighted by atomic mass is 9.44. The van der Waals surface area contributed by atoms with Gasteiger partial charge in [-0.3, -0.25) is 9.59 Å². The van der Waals surface area contributed by atoms with Gasteiger partial charge in [0.2, 0.25) is 12.5 Å². The van der Waals surface area contributed by atoms with Crippen LogP contribution in [0.5, 0.6) is 0 Å². The lowest BCUT2D eigenvalue weighted by molar-refractivity contribution is -0.240. The molecule has 6 nitrogen and oxygen atoms in total. The van der Waals surface area contributed by atoms with Gasteiger partial charge in [-0.1, -0.05) is 46.1 Å². The molecule has 0 unspecified atom stereocenters. The zero-order chi connectivity index (χ0) is 30.0. The molecule has 9 heteroatoms. The number of fused-ring (bicyclic) bond motifs is 5. The molecule has 0 amide bonds. The number of rotatable bonds is 6. The molecule has 0 aliphatic heterocycles. The van der Waals surface area contributed by atoms with Crippen molar-refractivity contribution >= 4 is 17.7 Å². The minimum absolute atomic E-state index is 0.00442. The Morgan fingerprint density at radius 2 is 1.76 bits per heavy atom. The van der Waals surface area contributed by atoms with Crippen molar-refractivity contribution in [3.8, 4) is 0 Å². The van der Waals surface area contributed by atoms with E-state index in [1.807, 2.05) is 0 Å². The molecular formula is C32H43F3O6. The van der Waals surface area contributed by atoms with Gasteiger partial charge in [-0.2, -0.15) is 0 Å². The molecule has 4 fully saturated rings. The van der Waals surface area contributed by atoms with E-state index in [0.717, 1.165) is 38.2 Å². The third kappa shape index (κ3) is 4.26. The second-order valence-electron chi connectivity index (χ2n) is 13.7. The van der Waals surface area contributed by atoms with E-state index in [4.69, 9.17) is 9.47 Å². The van der Waals surface area contributed by atoms with Crippen molar-refractivity contribution in [1.29, 1.82) is 0 Å². The number of esters is 2. The minimum atomic E-state index is -2.34. The standard InChI is InChI=1S/C32H43F3O6/c1-5-19-6-8-20(9-7-19)13-27(38)41-32(28(39)40-17-33)18(2)12-22-23-15-25(34)24-14-21(36)10-11-29(24,3)31(23,35)26(37)16-30(22,32)4/h10-11,14,18-20,22-23,25-26,37H,5-9,12-13,15-17H2,1-4H3/t18-,19?,20?,22+,23+,25+,26+,29+,30+,31+,32+/m1/s1. The van der Waals surface area contributed by atoms with Crippen molar-refractivity contribution in [1.82, 2.24) is 0 Å². The quantitative estimate of drug-likeness (QED) is 0.393. The highest BCUT2D eigenvalue weighted by molar-refractivity contribution is 6.01. The van der Waals surface area contributed by atoms with Crippen LogP contribution in [0.2, 0.25) is 0 Å². The van der Waals surface area contributed by atoms with Crippen LogP contribution in [-0.4, -0.2) is 53.2 Å². The fraction of sp³-hybridized carbons (Fsp3) is 0.781. The molecule has 0 radical (unpaired) electrons. The second-order valence-corrected chi connectivity index (χ2v) is 13.7. The zero-order valence-corrected chi connectivity index (χ0v) is 24.5. The average molecular weight is 581 g/mol. The van der Waals surface area contributed by atoms with Crippen LogP contribution in [0.4, 0.5) is 13.2 Å². The Balaban J connectivity index is 1.50. The first-order valence-corrected chi connectivity index (χ1v) is 15.2. The molecule has 0 spiro atoms.